The molecule has 4 nitrogen and oxygen atoms in total. The van der Waals surface area contributed by atoms with E-state index in [-0.39, 0.29) is 26.4 Å². The molecular formula is C17H11Cl4F3N4S2. The number of nitrogens with zero attached hydrogens (tertiary/aromatic N) is 3. The van der Waals surface area contributed by atoms with Gasteiger partial charge in [0.05, 0.1) is 20.5 Å². The Balaban J connectivity index is 2.36. The highest BCUT2D eigenvalue weighted by atomic mass is 35.5. The average molecular weight is 534 g/mol. The second-order valence-electron chi connectivity index (χ2n) is 6.06. The first-order chi connectivity index (χ1) is 13.8. The highest BCUT2D eigenvalue weighted by Gasteiger charge is 2.34. The van der Waals surface area contributed by atoms with E-state index in [1.54, 1.807) is 36.0 Å². The van der Waals surface area contributed by atoms with Gasteiger partial charge in [-0.25, -0.2) is 4.68 Å². The van der Waals surface area contributed by atoms with Crippen molar-refractivity contribution in [3.8, 4) is 11.5 Å². The summed E-state index contributed by atoms with van der Waals surface area (Å²) in [4.78, 5) is 0.333. The van der Waals surface area contributed by atoms with Gasteiger partial charge < -0.3 is 10.3 Å². The molecule has 0 amide bonds. The SMILES string of the molecule is CC(Cl)(Cl)Sc1c(C(N)=S)nn(-c2c(Cl)cc(C(F)(F)F)cc2Cl)c1-n1cccc1. The zero-order chi connectivity index (χ0) is 22.4. The summed E-state index contributed by atoms with van der Waals surface area (Å²) in [7, 11) is 0. The highest BCUT2D eigenvalue weighted by molar-refractivity contribution is 8.03. The molecule has 2 aromatic heterocycles. The number of thiocarbonyl (C=S) groups is 1. The molecule has 3 rings (SSSR count). The maximum Gasteiger partial charge on any atom is 0.416 e. The number of nitrogens with two attached hydrogens (primary N) is 1. The standard InChI is InChI=1S/C17H11Cl4F3N4S2/c1-16(20,21)30-13-11(14(25)29)26-28(15(13)27-4-2-3-5-27)12-9(18)6-8(7-10(12)19)17(22,23)24/h2-7H,1H3,(H2,25,29). The molecule has 2 N–H and O–H groups in total. The molecule has 0 atom stereocenters. The number of halogens is 7. The number of hydrogen-bond donors (Lipinski definition) is 1. The summed E-state index contributed by atoms with van der Waals surface area (Å²) in [5.41, 5.74) is 5.03. The van der Waals surface area contributed by atoms with Gasteiger partial charge in [0.1, 0.15) is 16.4 Å². The molecular weight excluding hydrogens is 523 g/mol. The van der Waals surface area contributed by atoms with E-state index in [0.29, 0.717) is 10.7 Å². The fourth-order valence-corrected chi connectivity index (χ4v) is 4.83. The third kappa shape index (κ3) is 4.87. The van der Waals surface area contributed by atoms with Gasteiger partial charge in [0.2, 0.25) is 0 Å². The summed E-state index contributed by atoms with van der Waals surface area (Å²) < 4.78 is 41.0. The van der Waals surface area contributed by atoms with Crippen LogP contribution in [0.1, 0.15) is 18.2 Å². The summed E-state index contributed by atoms with van der Waals surface area (Å²) in [5, 5.41) is 3.84. The zero-order valence-corrected chi connectivity index (χ0v) is 19.5. The molecule has 0 fully saturated rings. The van der Waals surface area contributed by atoms with Crippen LogP contribution in [0.4, 0.5) is 13.2 Å². The minimum Gasteiger partial charge on any atom is -0.388 e. The van der Waals surface area contributed by atoms with Crippen molar-refractivity contribution in [2.45, 2.75) is 21.7 Å². The first-order valence-electron chi connectivity index (χ1n) is 7.99. The Morgan fingerprint density at radius 3 is 2.10 bits per heavy atom. The normalized spacial score (nSPS) is 12.4. The van der Waals surface area contributed by atoms with Crippen LogP contribution in [0.25, 0.3) is 11.5 Å². The fourth-order valence-electron chi connectivity index (χ4n) is 2.62. The van der Waals surface area contributed by atoms with Crippen LogP contribution in [0, 0.1) is 0 Å². The van der Waals surface area contributed by atoms with Crippen LogP contribution in [-0.2, 0) is 6.18 Å². The third-order valence-electron chi connectivity index (χ3n) is 3.74. The van der Waals surface area contributed by atoms with Gasteiger partial charge in [0, 0.05) is 12.4 Å². The maximum atomic E-state index is 13.1. The average Bonchev–Trinajstić information content (AvgIpc) is 3.20. The molecule has 0 spiro atoms. The van der Waals surface area contributed by atoms with Gasteiger partial charge in [-0.15, -0.1) is 0 Å². The summed E-state index contributed by atoms with van der Waals surface area (Å²) >= 11 is 30.9. The fraction of sp³-hybridized carbons (Fsp3) is 0.176. The van der Waals surface area contributed by atoms with Crippen LogP contribution in [0.2, 0.25) is 10.0 Å². The van der Waals surface area contributed by atoms with Crippen molar-refractivity contribution < 1.29 is 13.2 Å². The quantitative estimate of drug-likeness (QED) is 0.221. The van der Waals surface area contributed by atoms with Crippen LogP contribution < -0.4 is 5.73 Å². The first kappa shape index (κ1) is 23.6. The monoisotopic (exact) mass is 532 g/mol. The van der Waals surface area contributed by atoms with Crippen LogP contribution in [0.5, 0.6) is 0 Å². The second kappa shape index (κ2) is 8.44. The molecule has 0 bridgehead atoms. The molecule has 0 aliphatic carbocycles. The second-order valence-corrected chi connectivity index (χ2v) is 10.9. The number of thioether (sulfide) groups is 1. The van der Waals surface area contributed by atoms with Crippen LogP contribution >= 0.6 is 70.4 Å². The van der Waals surface area contributed by atoms with Crippen molar-refractivity contribution in [3.63, 3.8) is 0 Å². The molecule has 0 saturated heterocycles. The van der Waals surface area contributed by atoms with Gasteiger partial charge in [-0.05, 0) is 31.2 Å². The Kier molecular flexibility index (Phi) is 6.63. The van der Waals surface area contributed by atoms with Gasteiger partial charge in [-0.3, -0.25) is 0 Å². The lowest BCUT2D eigenvalue weighted by Gasteiger charge is -2.17. The predicted octanol–water partition coefficient (Wildman–Crippen LogP) is 6.87. The molecule has 1 aromatic carbocycles. The number of aromatic nitrogens is 3. The Morgan fingerprint density at radius 1 is 1.13 bits per heavy atom. The minimum atomic E-state index is -4.62. The summed E-state index contributed by atoms with van der Waals surface area (Å²) in [6, 6.07) is 5.01. The Bertz CT molecular complexity index is 1080. The van der Waals surface area contributed by atoms with E-state index in [1.165, 1.54) is 4.68 Å². The van der Waals surface area contributed by atoms with Crippen LogP contribution in [0.3, 0.4) is 0 Å². The van der Waals surface area contributed by atoms with E-state index >= 15 is 0 Å². The van der Waals surface area contributed by atoms with Gasteiger partial charge in [0.15, 0.2) is 9.48 Å². The summed E-state index contributed by atoms with van der Waals surface area (Å²) in [6.07, 6.45) is -1.25. The van der Waals surface area contributed by atoms with Crippen molar-refractivity contribution in [2.75, 3.05) is 0 Å². The molecule has 0 aliphatic heterocycles. The maximum absolute atomic E-state index is 13.1. The lowest BCUT2D eigenvalue weighted by atomic mass is 10.2. The van der Waals surface area contributed by atoms with E-state index in [4.69, 9.17) is 64.4 Å². The van der Waals surface area contributed by atoms with Gasteiger partial charge >= 0.3 is 6.18 Å². The van der Waals surface area contributed by atoms with Crippen molar-refractivity contribution in [2.24, 2.45) is 5.73 Å². The molecule has 0 radical (unpaired) electrons. The molecule has 0 aliphatic rings. The first-order valence-corrected chi connectivity index (χ1v) is 10.7. The van der Waals surface area contributed by atoms with Crippen LogP contribution in [0.15, 0.2) is 41.6 Å². The zero-order valence-electron chi connectivity index (χ0n) is 14.8. The predicted molar refractivity (Wildman–Crippen MR) is 120 cm³/mol. The Hall–Kier alpha value is -1.10. The molecule has 13 heteroatoms. The number of benzene rings is 1. The van der Waals surface area contributed by atoms with Gasteiger partial charge in [0.25, 0.3) is 0 Å². The largest absolute Gasteiger partial charge is 0.416 e. The number of hydrogen-bond acceptors (Lipinski definition) is 3. The third-order valence-corrected chi connectivity index (χ3v) is 5.91. The van der Waals surface area contributed by atoms with E-state index < -0.39 is 15.4 Å². The van der Waals surface area contributed by atoms with Gasteiger partial charge in [-0.1, -0.05) is 70.4 Å². The lowest BCUT2D eigenvalue weighted by Crippen LogP contribution is -2.13. The van der Waals surface area contributed by atoms with Crippen molar-refractivity contribution in [1.29, 1.82) is 0 Å². The summed E-state index contributed by atoms with van der Waals surface area (Å²) in [6.45, 7) is 1.54. The topological polar surface area (TPSA) is 48.8 Å². The molecule has 3 aromatic rings. The van der Waals surface area contributed by atoms with Gasteiger partial charge in [-0.2, -0.15) is 18.3 Å². The van der Waals surface area contributed by atoms with Crippen molar-refractivity contribution >= 4 is 75.4 Å². The molecule has 30 heavy (non-hydrogen) atoms. The van der Waals surface area contributed by atoms with E-state index in [1.807, 2.05) is 0 Å². The van der Waals surface area contributed by atoms with E-state index in [2.05, 4.69) is 5.10 Å². The lowest BCUT2D eigenvalue weighted by molar-refractivity contribution is -0.137. The minimum absolute atomic E-state index is 0.0187. The molecule has 0 saturated carbocycles. The van der Waals surface area contributed by atoms with Crippen molar-refractivity contribution in [1.82, 2.24) is 14.3 Å². The van der Waals surface area contributed by atoms with E-state index in [0.717, 1.165) is 23.9 Å². The Labute approximate surface area is 199 Å². The molecule has 0 unspecified atom stereocenters. The Morgan fingerprint density at radius 2 is 1.67 bits per heavy atom. The summed E-state index contributed by atoms with van der Waals surface area (Å²) in [5.74, 6) is 0.351. The number of alkyl halides is 5. The highest BCUT2D eigenvalue weighted by Crippen LogP contribution is 2.46. The molecule has 160 valence electrons. The molecule has 2 heterocycles. The van der Waals surface area contributed by atoms with Crippen LogP contribution in [-0.4, -0.2) is 23.0 Å². The van der Waals surface area contributed by atoms with Crippen molar-refractivity contribution in [3.05, 3.63) is 58.0 Å². The van der Waals surface area contributed by atoms with E-state index in [9.17, 15) is 13.2 Å². The smallest absolute Gasteiger partial charge is 0.388 e. The number of rotatable bonds is 5.